The van der Waals surface area contributed by atoms with Gasteiger partial charge in [-0.2, -0.15) is 0 Å². The molecule has 0 spiro atoms. The summed E-state index contributed by atoms with van der Waals surface area (Å²) in [4.78, 5) is 17.1. The van der Waals surface area contributed by atoms with Gasteiger partial charge in [-0.1, -0.05) is 79.4 Å². The fraction of sp³-hybridized carbons (Fsp3) is 0.885. The Morgan fingerprint density at radius 2 is 1.87 bits per heavy atom. The van der Waals surface area contributed by atoms with Gasteiger partial charge in [0.25, 0.3) is 0 Å². The maximum Gasteiger partial charge on any atom is 0.321 e. The van der Waals surface area contributed by atoms with Crippen molar-refractivity contribution in [3.63, 3.8) is 0 Å². The summed E-state index contributed by atoms with van der Waals surface area (Å²) in [5.41, 5.74) is -0.0184. The molecule has 0 bridgehead atoms. The number of aliphatic carboxylic acids is 1. The average Bonchev–Trinajstić information content (AvgIpc) is 2.64. The first kappa shape index (κ1) is 26.3. The van der Waals surface area contributed by atoms with Gasteiger partial charge in [0, 0.05) is 18.6 Å². The zero-order valence-electron chi connectivity index (χ0n) is 21.3. The molecule has 0 aromatic heterocycles. The van der Waals surface area contributed by atoms with Crippen LogP contribution in [0.4, 0.5) is 0 Å². The third-order valence-electron chi connectivity index (χ3n) is 7.59. The first-order chi connectivity index (χ1) is 14.5. The molecule has 1 saturated heterocycles. The van der Waals surface area contributed by atoms with Crippen molar-refractivity contribution in [1.29, 1.82) is 0 Å². The van der Waals surface area contributed by atoms with Crippen LogP contribution in [-0.4, -0.2) is 58.4 Å². The van der Waals surface area contributed by atoms with E-state index in [-0.39, 0.29) is 22.5 Å². The van der Waals surface area contributed by atoms with Gasteiger partial charge >= 0.3 is 5.97 Å². The molecule has 5 heteroatoms. The van der Waals surface area contributed by atoms with Crippen LogP contribution in [0, 0.1) is 10.8 Å². The van der Waals surface area contributed by atoms with Crippen molar-refractivity contribution in [3.05, 3.63) is 12.2 Å². The number of nitrogens with one attached hydrogen (secondary N) is 1. The van der Waals surface area contributed by atoms with Crippen LogP contribution >= 0.6 is 0 Å². The molecule has 5 nitrogen and oxygen atoms in total. The number of carboxylic acids is 1. The minimum absolute atomic E-state index is 0.0458. The Morgan fingerprint density at radius 1 is 1.16 bits per heavy atom. The normalized spacial score (nSPS) is 30.2. The van der Waals surface area contributed by atoms with Crippen molar-refractivity contribution in [3.8, 4) is 0 Å². The number of nitrogens with zero attached hydrogens (tertiary/aromatic N) is 2. The summed E-state index contributed by atoms with van der Waals surface area (Å²) in [5, 5.41) is 13.8. The average molecular weight is 436 g/mol. The number of likely N-dealkylation sites (tertiary alicyclic amines) is 1. The minimum Gasteiger partial charge on any atom is -0.480 e. The summed E-state index contributed by atoms with van der Waals surface area (Å²) < 4.78 is 0. The molecule has 1 fully saturated rings. The van der Waals surface area contributed by atoms with E-state index in [0.29, 0.717) is 0 Å². The monoisotopic (exact) mass is 435 g/mol. The Labute approximate surface area is 191 Å². The summed E-state index contributed by atoms with van der Waals surface area (Å²) >= 11 is 0. The second kappa shape index (κ2) is 10.8. The van der Waals surface area contributed by atoms with Gasteiger partial charge in [-0.3, -0.25) is 19.9 Å². The van der Waals surface area contributed by atoms with Crippen LogP contribution in [0.15, 0.2) is 12.2 Å². The lowest BCUT2D eigenvalue weighted by molar-refractivity contribution is -0.152. The van der Waals surface area contributed by atoms with Crippen LogP contribution in [0.2, 0.25) is 0 Å². The van der Waals surface area contributed by atoms with Crippen LogP contribution in [0.5, 0.6) is 0 Å². The lowest BCUT2D eigenvalue weighted by Gasteiger charge is -2.50. The van der Waals surface area contributed by atoms with Crippen molar-refractivity contribution in [2.45, 2.75) is 118 Å². The van der Waals surface area contributed by atoms with Crippen molar-refractivity contribution < 1.29 is 9.90 Å². The van der Waals surface area contributed by atoms with Gasteiger partial charge in [0.2, 0.25) is 0 Å². The van der Waals surface area contributed by atoms with E-state index in [4.69, 9.17) is 0 Å². The largest absolute Gasteiger partial charge is 0.480 e. The van der Waals surface area contributed by atoms with Gasteiger partial charge in [0.15, 0.2) is 0 Å². The molecule has 0 saturated carbocycles. The summed E-state index contributed by atoms with van der Waals surface area (Å²) in [6, 6.07) is -0.467. The first-order valence-electron chi connectivity index (χ1n) is 12.6. The number of hydrogen-bond acceptors (Lipinski definition) is 4. The number of hydrogen-bond donors (Lipinski definition) is 2. The van der Waals surface area contributed by atoms with E-state index in [1.54, 1.807) is 0 Å². The van der Waals surface area contributed by atoms with E-state index in [1.807, 2.05) is 0 Å². The van der Waals surface area contributed by atoms with Gasteiger partial charge in [-0.15, -0.1) is 0 Å². The molecule has 3 unspecified atom stereocenters. The van der Waals surface area contributed by atoms with Crippen molar-refractivity contribution in [2.75, 3.05) is 19.8 Å². The Bertz CT molecular complexity index is 616. The second-order valence-corrected chi connectivity index (χ2v) is 11.6. The predicted molar refractivity (Wildman–Crippen MR) is 130 cm³/mol. The van der Waals surface area contributed by atoms with E-state index in [9.17, 15) is 9.90 Å². The van der Waals surface area contributed by atoms with E-state index in [2.05, 4.69) is 75.7 Å². The van der Waals surface area contributed by atoms with Crippen LogP contribution < -0.4 is 5.32 Å². The predicted octanol–water partition coefficient (Wildman–Crippen LogP) is 5.47. The third-order valence-corrected chi connectivity index (χ3v) is 7.59. The van der Waals surface area contributed by atoms with Crippen LogP contribution in [-0.2, 0) is 4.79 Å². The molecule has 0 aromatic carbocycles. The fourth-order valence-corrected chi connectivity index (χ4v) is 5.78. The Morgan fingerprint density at radius 3 is 2.48 bits per heavy atom. The number of piperidine rings is 1. The summed E-state index contributed by atoms with van der Waals surface area (Å²) in [6.45, 7) is 18.5. The highest BCUT2D eigenvalue weighted by Gasteiger charge is 2.45. The van der Waals surface area contributed by atoms with Crippen molar-refractivity contribution >= 4 is 5.97 Å². The maximum atomic E-state index is 12.3. The minimum atomic E-state index is -0.700. The number of unbranched alkanes of at least 4 members (excludes halogenated alkanes) is 2. The Hall–Kier alpha value is -0.910. The van der Waals surface area contributed by atoms with E-state index in [0.717, 1.165) is 32.6 Å². The highest BCUT2D eigenvalue weighted by molar-refractivity contribution is 5.74. The quantitative estimate of drug-likeness (QED) is 0.371. The number of rotatable bonds is 9. The van der Waals surface area contributed by atoms with Gasteiger partial charge in [-0.25, -0.2) is 0 Å². The van der Waals surface area contributed by atoms with Gasteiger partial charge in [0.05, 0.1) is 12.8 Å². The van der Waals surface area contributed by atoms with Crippen LogP contribution in [0.25, 0.3) is 0 Å². The van der Waals surface area contributed by atoms with Gasteiger partial charge < -0.3 is 5.11 Å². The van der Waals surface area contributed by atoms with Crippen LogP contribution in [0.1, 0.15) is 99.8 Å². The molecular weight excluding hydrogens is 386 g/mol. The summed E-state index contributed by atoms with van der Waals surface area (Å²) in [5.74, 6) is -0.700. The zero-order valence-corrected chi connectivity index (χ0v) is 21.3. The molecule has 3 atom stereocenters. The maximum absolute atomic E-state index is 12.3. The number of carboxylic acid groups (broad SMARTS) is 1. The molecule has 2 aliphatic rings. The standard InChI is InChI=1S/C26H49N3O2/c1-8-10-11-16-26(7,14-9-2)28-19-24(3,4)17-13-21(27-20-28)29-18-12-15-25(5,6)22(29)23(30)31/h13,17,21-22,27H,8-12,14-16,18-20H2,1-7H3,(H,30,31)/b17-13+. The van der Waals surface area contributed by atoms with Crippen molar-refractivity contribution in [1.82, 2.24) is 15.1 Å². The smallest absolute Gasteiger partial charge is 0.321 e. The molecule has 0 aromatic rings. The Kier molecular flexibility index (Phi) is 9.18. The third kappa shape index (κ3) is 6.79. The lowest BCUT2D eigenvalue weighted by Crippen LogP contribution is -2.63. The fourth-order valence-electron chi connectivity index (χ4n) is 5.78. The lowest BCUT2D eigenvalue weighted by atomic mass is 9.76. The van der Waals surface area contributed by atoms with E-state index >= 15 is 0 Å². The van der Waals surface area contributed by atoms with Crippen LogP contribution in [0.3, 0.4) is 0 Å². The molecule has 2 aliphatic heterocycles. The molecule has 2 rings (SSSR count). The highest BCUT2D eigenvalue weighted by Crippen LogP contribution is 2.37. The second-order valence-electron chi connectivity index (χ2n) is 11.6. The van der Waals surface area contributed by atoms with E-state index in [1.165, 1.54) is 38.5 Å². The van der Waals surface area contributed by atoms with Gasteiger partial charge in [0.1, 0.15) is 6.04 Å². The molecule has 0 amide bonds. The molecule has 0 radical (unpaired) electrons. The zero-order chi connectivity index (χ0) is 23.3. The topological polar surface area (TPSA) is 55.8 Å². The summed E-state index contributed by atoms with van der Waals surface area (Å²) in [7, 11) is 0. The number of carbonyl (C=O) groups is 1. The summed E-state index contributed by atoms with van der Waals surface area (Å²) in [6.07, 6.45) is 13.9. The van der Waals surface area contributed by atoms with Gasteiger partial charge in [-0.05, 0) is 43.4 Å². The highest BCUT2D eigenvalue weighted by atomic mass is 16.4. The SMILES string of the molecule is CCCCCC(C)(CCC)N1CNC(N2CCCC(C)(C)C2C(=O)O)/C=C/C(C)(C)C1. The Balaban J connectivity index is 2.29. The molecule has 2 N–H and O–H groups in total. The van der Waals surface area contributed by atoms with E-state index < -0.39 is 12.0 Å². The molecule has 0 aliphatic carbocycles. The molecule has 2 heterocycles. The molecule has 31 heavy (non-hydrogen) atoms. The molecular formula is C26H49N3O2. The van der Waals surface area contributed by atoms with Crippen molar-refractivity contribution in [2.24, 2.45) is 10.8 Å². The first-order valence-corrected chi connectivity index (χ1v) is 12.6. The molecule has 180 valence electrons.